The first kappa shape index (κ1) is 8.00. The minimum absolute atomic E-state index is 0.137. The molecule has 0 fully saturated rings. The molecule has 1 aromatic heterocycles. The van der Waals surface area contributed by atoms with E-state index in [4.69, 9.17) is 5.21 Å². The third-order valence-corrected chi connectivity index (χ3v) is 2.53. The van der Waals surface area contributed by atoms with E-state index in [9.17, 15) is 5.21 Å². The van der Waals surface area contributed by atoms with Crippen LogP contribution in [0.15, 0.2) is 17.7 Å². The summed E-state index contributed by atoms with van der Waals surface area (Å²) < 4.78 is 0.954. The smallest absolute Gasteiger partial charge is 0.276 e. The molecule has 0 atom stereocenters. The maximum Gasteiger partial charge on any atom is 0.276 e. The van der Waals surface area contributed by atoms with Crippen LogP contribution in [0.3, 0.4) is 0 Å². The summed E-state index contributed by atoms with van der Waals surface area (Å²) in [5.41, 5.74) is 2.31. The molecule has 66 valence electrons. The van der Waals surface area contributed by atoms with E-state index in [1.165, 1.54) is 17.4 Å². The van der Waals surface area contributed by atoms with Crippen molar-refractivity contribution in [3.63, 3.8) is 0 Å². The lowest BCUT2D eigenvalue weighted by molar-refractivity contribution is -0.724. The first-order valence-electron chi connectivity index (χ1n) is 3.54. The van der Waals surface area contributed by atoms with E-state index in [1.54, 1.807) is 11.6 Å². The predicted octanol–water partition coefficient (Wildman–Crippen LogP) is -0.386. The number of allylic oxidation sites excluding steroid dienone is 1. The van der Waals surface area contributed by atoms with Crippen molar-refractivity contribution in [3.05, 3.63) is 32.8 Å². The van der Waals surface area contributed by atoms with E-state index in [1.807, 2.05) is 0 Å². The van der Waals surface area contributed by atoms with Gasteiger partial charge >= 0.3 is 0 Å². The number of hydrogen-bond acceptors (Lipinski definition) is 4. The number of aromatic nitrogens is 1. The summed E-state index contributed by atoms with van der Waals surface area (Å²) in [4.78, 5) is 3.82. The van der Waals surface area contributed by atoms with Crippen LogP contribution >= 0.6 is 11.3 Å². The van der Waals surface area contributed by atoms with Crippen LogP contribution in [-0.4, -0.2) is 20.8 Å². The molecule has 2 rings (SSSR count). The van der Waals surface area contributed by atoms with E-state index in [-0.39, 0.29) is 10.6 Å². The zero-order valence-corrected chi connectivity index (χ0v) is 7.41. The molecule has 0 saturated heterocycles. The van der Waals surface area contributed by atoms with Gasteiger partial charge in [0.05, 0.1) is 15.4 Å². The van der Waals surface area contributed by atoms with E-state index in [0.717, 1.165) is 4.53 Å². The lowest BCUT2D eigenvalue weighted by Gasteiger charge is -1.98. The molecule has 1 aliphatic rings. The van der Waals surface area contributed by atoms with Gasteiger partial charge in [-0.1, -0.05) is 6.58 Å². The fourth-order valence-electron chi connectivity index (χ4n) is 1.11. The molecule has 0 amide bonds. The molecule has 1 aromatic rings. The summed E-state index contributed by atoms with van der Waals surface area (Å²) in [6.45, 7) is 3.65. The van der Waals surface area contributed by atoms with Crippen molar-refractivity contribution in [1.29, 1.82) is 0 Å². The summed E-state index contributed by atoms with van der Waals surface area (Å²) in [5.74, 6) is 0. The van der Waals surface area contributed by atoms with Crippen LogP contribution in [-0.2, 0) is 0 Å². The number of hydrogen-bond donors (Lipinski definition) is 1. The van der Waals surface area contributed by atoms with E-state index in [2.05, 4.69) is 11.6 Å². The number of thiazole rings is 1. The van der Waals surface area contributed by atoms with Crippen LogP contribution in [0, 0.1) is 5.21 Å². The molecule has 0 aromatic carbocycles. The Morgan fingerprint density at radius 3 is 3.00 bits per heavy atom. The lowest BCUT2D eigenvalue weighted by atomic mass is 10.1. The molecule has 13 heavy (non-hydrogen) atoms. The second-order valence-electron chi connectivity index (χ2n) is 2.57. The van der Waals surface area contributed by atoms with Gasteiger partial charge in [-0.05, 0) is 6.08 Å². The standard InChI is InChI=1S/C8H6N2O2S/c1-5-2-8-6(9-4-13-8)3-7(5)10(11)12/h2-4H,1H2,(H,11,12). The number of fused-ring (bicyclic) bond motifs is 1. The van der Waals surface area contributed by atoms with Gasteiger partial charge in [0.2, 0.25) is 0 Å². The fraction of sp³-hybridized carbons (Fsp3) is 0. The van der Waals surface area contributed by atoms with Crippen LogP contribution in [0.2, 0.25) is 0 Å². The Morgan fingerprint density at radius 2 is 2.31 bits per heavy atom. The average molecular weight is 194 g/mol. The normalized spacial score (nSPS) is 18.6. The molecule has 0 saturated carbocycles. The van der Waals surface area contributed by atoms with Crippen LogP contribution in [0.25, 0.3) is 12.2 Å². The van der Waals surface area contributed by atoms with Crippen LogP contribution in [0.1, 0.15) is 0 Å². The van der Waals surface area contributed by atoms with Crippen molar-refractivity contribution in [2.75, 3.05) is 0 Å². The molecule has 0 radical (unpaired) electrons. The Bertz CT molecular complexity index is 508. The number of rotatable bonds is 0. The van der Waals surface area contributed by atoms with Gasteiger partial charge in [-0.3, -0.25) is 5.21 Å². The van der Waals surface area contributed by atoms with Crippen molar-refractivity contribution in [2.24, 2.45) is 0 Å². The third kappa shape index (κ3) is 1.23. The molecule has 1 aliphatic carbocycles. The van der Waals surface area contributed by atoms with Crippen molar-refractivity contribution in [3.8, 4) is 0 Å². The maximum absolute atomic E-state index is 10.6. The van der Waals surface area contributed by atoms with Crippen LogP contribution in [0.4, 0.5) is 0 Å². The molecular formula is C8H6N2O2S. The van der Waals surface area contributed by atoms with Gasteiger partial charge in [-0.25, -0.2) is 4.98 Å². The average Bonchev–Trinajstić information content (AvgIpc) is 2.48. The SMILES string of the molecule is C=C1C=c2scnc2=C/C1=[N+](/[O-])O. The van der Waals surface area contributed by atoms with Gasteiger partial charge in [0.25, 0.3) is 5.71 Å². The molecule has 0 bridgehead atoms. The molecule has 1 N–H and O–H groups in total. The number of nitrogens with zero attached hydrogens (tertiary/aromatic N) is 2. The Labute approximate surface area is 77.6 Å². The van der Waals surface area contributed by atoms with Gasteiger partial charge in [0.15, 0.2) is 0 Å². The van der Waals surface area contributed by atoms with Crippen LogP contribution < -0.4 is 9.88 Å². The van der Waals surface area contributed by atoms with Gasteiger partial charge < -0.3 is 5.21 Å². The Balaban J connectivity index is 2.79. The molecular weight excluding hydrogens is 188 g/mol. The van der Waals surface area contributed by atoms with Gasteiger partial charge in [-0.2, -0.15) is 0 Å². The van der Waals surface area contributed by atoms with Crippen molar-refractivity contribution < 1.29 is 10.1 Å². The second kappa shape index (κ2) is 2.70. The minimum atomic E-state index is -0.193. The third-order valence-electron chi connectivity index (χ3n) is 1.74. The summed E-state index contributed by atoms with van der Waals surface area (Å²) in [7, 11) is 0. The summed E-state index contributed by atoms with van der Waals surface area (Å²) in [5, 5.41) is 20.1. The highest BCUT2D eigenvalue weighted by Crippen LogP contribution is 2.01. The summed E-state index contributed by atoms with van der Waals surface area (Å²) in [6, 6.07) is 0. The predicted molar refractivity (Wildman–Crippen MR) is 49.9 cm³/mol. The van der Waals surface area contributed by atoms with Gasteiger partial charge in [0.1, 0.15) is 0 Å². The minimum Gasteiger partial charge on any atom is -0.417 e. The topological polar surface area (TPSA) is 59.2 Å². The second-order valence-corrected chi connectivity index (χ2v) is 3.46. The molecule has 4 nitrogen and oxygen atoms in total. The quantitative estimate of drug-likeness (QED) is 0.348. The van der Waals surface area contributed by atoms with Crippen LogP contribution in [0.5, 0.6) is 0 Å². The Hall–Kier alpha value is -1.62. The van der Waals surface area contributed by atoms with Crippen molar-refractivity contribution in [2.45, 2.75) is 0 Å². The maximum atomic E-state index is 10.6. The summed E-state index contributed by atoms with van der Waals surface area (Å²) >= 11 is 1.47. The lowest BCUT2D eigenvalue weighted by Crippen LogP contribution is -2.29. The molecule has 5 heteroatoms. The van der Waals surface area contributed by atoms with Crippen molar-refractivity contribution in [1.82, 2.24) is 4.98 Å². The Kier molecular flexibility index (Phi) is 1.66. The molecule has 0 unspecified atom stereocenters. The first-order valence-corrected chi connectivity index (χ1v) is 4.42. The molecule has 0 aliphatic heterocycles. The molecule has 0 spiro atoms. The van der Waals surface area contributed by atoms with E-state index >= 15 is 0 Å². The largest absolute Gasteiger partial charge is 0.417 e. The monoisotopic (exact) mass is 194 g/mol. The van der Waals surface area contributed by atoms with Gasteiger partial charge in [0, 0.05) is 16.6 Å². The highest BCUT2D eigenvalue weighted by Gasteiger charge is 2.14. The zero-order valence-electron chi connectivity index (χ0n) is 6.60. The summed E-state index contributed by atoms with van der Waals surface area (Å²) in [6.07, 6.45) is 3.24. The highest BCUT2D eigenvalue weighted by molar-refractivity contribution is 7.07. The van der Waals surface area contributed by atoms with E-state index < -0.39 is 0 Å². The molecule has 1 heterocycles. The zero-order chi connectivity index (χ0) is 9.42. The first-order chi connectivity index (χ1) is 6.18. The van der Waals surface area contributed by atoms with Gasteiger partial charge in [-0.15, -0.1) is 11.3 Å². The highest BCUT2D eigenvalue weighted by atomic mass is 32.1. The fourth-order valence-corrected chi connectivity index (χ4v) is 1.84. The van der Waals surface area contributed by atoms with Crippen molar-refractivity contribution >= 4 is 29.2 Å². The van der Waals surface area contributed by atoms with E-state index in [0.29, 0.717) is 10.9 Å². The Morgan fingerprint density at radius 1 is 1.54 bits per heavy atom.